The zero-order valence-electron chi connectivity index (χ0n) is 23.7. The van der Waals surface area contributed by atoms with Gasteiger partial charge in [0.2, 0.25) is 5.91 Å². The van der Waals surface area contributed by atoms with Crippen LogP contribution < -0.4 is 15.4 Å². The van der Waals surface area contributed by atoms with Gasteiger partial charge in [-0.15, -0.1) is 13.2 Å². The van der Waals surface area contributed by atoms with E-state index in [0.29, 0.717) is 36.0 Å². The molecule has 1 aliphatic rings. The number of pyridine rings is 1. The molecule has 5 rings (SSSR count). The minimum Gasteiger partial charge on any atom is -0.406 e. The monoisotopic (exact) mass is 580 g/mol. The number of aryl methyl sites for hydroxylation is 1. The van der Waals surface area contributed by atoms with Crippen molar-refractivity contribution in [2.24, 2.45) is 0 Å². The molecular weight excluding hydrogens is 545 g/mol. The summed E-state index contributed by atoms with van der Waals surface area (Å²) in [7, 11) is 2.15. The zero-order valence-corrected chi connectivity index (χ0v) is 23.7. The third-order valence-corrected chi connectivity index (χ3v) is 7.53. The van der Waals surface area contributed by atoms with Gasteiger partial charge < -0.3 is 24.8 Å². The molecule has 0 bridgehead atoms. The van der Waals surface area contributed by atoms with Crippen LogP contribution in [-0.4, -0.2) is 57.9 Å². The SMILES string of the molecule is C[C@H](NC(=O)CCc1nc2cccnc2n1Cc1ccc(OC(F)(F)F)cc1)c1ccc(NC2CCN(C)CC2)cc1. The van der Waals surface area contributed by atoms with Crippen LogP contribution in [0.4, 0.5) is 18.9 Å². The number of nitrogens with one attached hydrogen (secondary N) is 2. The molecular formula is C31H35F3N6O2. The Bertz CT molecular complexity index is 1480. The number of ether oxygens (including phenoxy) is 1. The van der Waals surface area contributed by atoms with E-state index in [1.165, 1.54) is 12.1 Å². The first-order valence-electron chi connectivity index (χ1n) is 14.1. The van der Waals surface area contributed by atoms with E-state index < -0.39 is 6.36 Å². The zero-order chi connectivity index (χ0) is 29.7. The second-order valence-corrected chi connectivity index (χ2v) is 10.8. The number of benzene rings is 2. The standard InChI is InChI=1S/C31H35F3N6O2/c1-21(23-7-9-24(10-8-23)37-25-15-18-39(2)19-16-25)36-29(41)14-13-28-38-27-4-3-17-35-30(27)40(28)20-22-5-11-26(12-6-22)42-31(32,33)34/h3-12,17,21,25,37H,13-16,18-20H2,1-2H3,(H,36,41)/t21-/m0/s1. The summed E-state index contributed by atoms with van der Waals surface area (Å²) < 4.78 is 43.4. The highest BCUT2D eigenvalue weighted by Crippen LogP contribution is 2.24. The average molecular weight is 581 g/mol. The van der Waals surface area contributed by atoms with Crippen LogP contribution >= 0.6 is 0 Å². The Morgan fingerprint density at radius 2 is 1.79 bits per heavy atom. The maximum atomic E-state index is 12.9. The second-order valence-electron chi connectivity index (χ2n) is 10.8. The average Bonchev–Trinajstić information content (AvgIpc) is 3.31. The molecule has 0 aliphatic carbocycles. The number of piperidine rings is 1. The summed E-state index contributed by atoms with van der Waals surface area (Å²) in [6.07, 6.45) is -0.237. The second kappa shape index (κ2) is 12.8. The third-order valence-electron chi connectivity index (χ3n) is 7.53. The van der Waals surface area contributed by atoms with Crippen LogP contribution in [0.2, 0.25) is 0 Å². The van der Waals surface area contributed by atoms with Gasteiger partial charge in [0.15, 0.2) is 5.65 Å². The number of alkyl halides is 3. The van der Waals surface area contributed by atoms with Gasteiger partial charge in [0.05, 0.1) is 12.6 Å². The van der Waals surface area contributed by atoms with Crippen LogP contribution in [0.15, 0.2) is 66.9 Å². The van der Waals surface area contributed by atoms with Gasteiger partial charge in [0.25, 0.3) is 0 Å². The van der Waals surface area contributed by atoms with Gasteiger partial charge >= 0.3 is 6.36 Å². The molecule has 1 atom stereocenters. The molecule has 1 aliphatic heterocycles. The molecule has 1 fully saturated rings. The number of hydrogen-bond donors (Lipinski definition) is 2. The van der Waals surface area contributed by atoms with Crippen LogP contribution in [0, 0.1) is 0 Å². The molecule has 2 aromatic carbocycles. The van der Waals surface area contributed by atoms with Crippen molar-refractivity contribution >= 4 is 22.8 Å². The van der Waals surface area contributed by atoms with Crippen LogP contribution in [0.3, 0.4) is 0 Å². The molecule has 2 aromatic heterocycles. The van der Waals surface area contributed by atoms with E-state index in [1.54, 1.807) is 24.4 Å². The van der Waals surface area contributed by atoms with Crippen LogP contribution in [0.5, 0.6) is 5.75 Å². The minimum atomic E-state index is -4.75. The number of imidazole rings is 1. The number of nitrogens with zero attached hydrogens (tertiary/aromatic N) is 4. The number of fused-ring (bicyclic) bond motifs is 1. The lowest BCUT2D eigenvalue weighted by Crippen LogP contribution is -2.36. The lowest BCUT2D eigenvalue weighted by Gasteiger charge is -2.30. The summed E-state index contributed by atoms with van der Waals surface area (Å²) in [6.45, 7) is 4.49. The van der Waals surface area contributed by atoms with Crippen molar-refractivity contribution < 1.29 is 22.7 Å². The largest absolute Gasteiger partial charge is 0.573 e. The molecule has 42 heavy (non-hydrogen) atoms. The Balaban J connectivity index is 1.19. The number of halogens is 3. The molecule has 2 N–H and O–H groups in total. The summed E-state index contributed by atoms with van der Waals surface area (Å²) in [5, 5.41) is 6.69. The molecule has 1 saturated heterocycles. The van der Waals surface area contributed by atoms with Gasteiger partial charge in [-0.2, -0.15) is 0 Å². The maximum absolute atomic E-state index is 12.9. The number of anilines is 1. The molecule has 1 amide bonds. The van der Waals surface area contributed by atoms with Gasteiger partial charge in [0.1, 0.15) is 17.1 Å². The molecule has 3 heterocycles. The third kappa shape index (κ3) is 7.79. The van der Waals surface area contributed by atoms with E-state index in [0.717, 1.165) is 42.7 Å². The van der Waals surface area contributed by atoms with Crippen molar-refractivity contribution in [2.45, 2.75) is 57.6 Å². The van der Waals surface area contributed by atoms with Crippen molar-refractivity contribution in [3.63, 3.8) is 0 Å². The normalized spacial score (nSPS) is 15.5. The predicted octanol–water partition coefficient (Wildman–Crippen LogP) is 5.69. The lowest BCUT2D eigenvalue weighted by atomic mass is 10.0. The van der Waals surface area contributed by atoms with Gasteiger partial charge in [-0.05, 0) is 87.4 Å². The Morgan fingerprint density at radius 3 is 2.48 bits per heavy atom. The summed E-state index contributed by atoms with van der Waals surface area (Å²) in [6, 6.07) is 17.9. The van der Waals surface area contributed by atoms with Crippen molar-refractivity contribution in [3.8, 4) is 5.75 Å². The predicted molar refractivity (Wildman–Crippen MR) is 155 cm³/mol. The fourth-order valence-electron chi connectivity index (χ4n) is 5.22. The van der Waals surface area contributed by atoms with E-state index >= 15 is 0 Å². The van der Waals surface area contributed by atoms with Crippen LogP contribution in [0.25, 0.3) is 11.2 Å². The van der Waals surface area contributed by atoms with E-state index in [9.17, 15) is 18.0 Å². The minimum absolute atomic E-state index is 0.101. The highest BCUT2D eigenvalue weighted by atomic mass is 19.4. The summed E-state index contributed by atoms with van der Waals surface area (Å²) in [5.74, 6) is 0.289. The Morgan fingerprint density at radius 1 is 1.07 bits per heavy atom. The quantitative estimate of drug-likeness (QED) is 0.251. The van der Waals surface area contributed by atoms with Gasteiger partial charge in [-0.25, -0.2) is 9.97 Å². The van der Waals surface area contributed by atoms with E-state index in [-0.39, 0.29) is 24.1 Å². The van der Waals surface area contributed by atoms with E-state index in [1.807, 2.05) is 29.7 Å². The van der Waals surface area contributed by atoms with E-state index in [2.05, 4.69) is 49.4 Å². The summed E-state index contributed by atoms with van der Waals surface area (Å²) in [5.41, 5.74) is 4.19. The van der Waals surface area contributed by atoms with E-state index in [4.69, 9.17) is 0 Å². The fourth-order valence-corrected chi connectivity index (χ4v) is 5.22. The molecule has 0 spiro atoms. The highest BCUT2D eigenvalue weighted by Gasteiger charge is 2.31. The van der Waals surface area contributed by atoms with Crippen molar-refractivity contribution in [1.82, 2.24) is 24.8 Å². The first-order valence-corrected chi connectivity index (χ1v) is 14.1. The van der Waals surface area contributed by atoms with Crippen molar-refractivity contribution in [1.29, 1.82) is 0 Å². The first kappa shape index (κ1) is 29.4. The molecule has 0 radical (unpaired) electrons. The van der Waals surface area contributed by atoms with Gasteiger partial charge in [0, 0.05) is 30.8 Å². The smallest absolute Gasteiger partial charge is 0.406 e. The van der Waals surface area contributed by atoms with Crippen LogP contribution in [0.1, 0.15) is 49.2 Å². The number of amides is 1. The molecule has 11 heteroatoms. The molecule has 222 valence electrons. The molecule has 4 aromatic rings. The number of likely N-dealkylation sites (tertiary alicyclic amines) is 1. The molecule has 8 nitrogen and oxygen atoms in total. The topological polar surface area (TPSA) is 84.3 Å². The van der Waals surface area contributed by atoms with Crippen molar-refractivity contribution in [3.05, 3.63) is 83.8 Å². The number of rotatable bonds is 10. The number of aromatic nitrogens is 3. The summed E-state index contributed by atoms with van der Waals surface area (Å²) in [4.78, 5) is 24.4. The fraction of sp³-hybridized carbons (Fsp3) is 0.387. The number of carbonyl (C=O) groups is 1. The Kier molecular flexibility index (Phi) is 8.96. The van der Waals surface area contributed by atoms with Crippen molar-refractivity contribution in [2.75, 3.05) is 25.5 Å². The Hall–Kier alpha value is -4.12. The highest BCUT2D eigenvalue weighted by molar-refractivity contribution is 5.77. The Labute approximate surface area is 242 Å². The summed E-state index contributed by atoms with van der Waals surface area (Å²) >= 11 is 0. The van der Waals surface area contributed by atoms with Gasteiger partial charge in [-0.3, -0.25) is 4.79 Å². The lowest BCUT2D eigenvalue weighted by molar-refractivity contribution is -0.274. The first-order chi connectivity index (χ1) is 20.1. The molecule has 0 unspecified atom stereocenters. The number of hydrogen-bond acceptors (Lipinski definition) is 6. The van der Waals surface area contributed by atoms with Crippen LogP contribution in [-0.2, 0) is 17.8 Å². The van der Waals surface area contributed by atoms with Gasteiger partial charge in [-0.1, -0.05) is 24.3 Å². The maximum Gasteiger partial charge on any atom is 0.573 e. The molecule has 0 saturated carbocycles. The number of carbonyl (C=O) groups excluding carboxylic acids is 1.